The van der Waals surface area contributed by atoms with Crippen LogP contribution in [0.2, 0.25) is 4.34 Å². The van der Waals surface area contributed by atoms with E-state index < -0.39 is 0 Å². The van der Waals surface area contributed by atoms with Gasteiger partial charge in [0.05, 0.1) is 9.90 Å². The lowest BCUT2D eigenvalue weighted by molar-refractivity contribution is 0.0807. The zero-order chi connectivity index (χ0) is 17.6. The van der Waals surface area contributed by atoms with Crippen molar-refractivity contribution in [1.82, 2.24) is 15.2 Å². The molecule has 0 aliphatic carbocycles. The Morgan fingerprint density at radius 1 is 1.32 bits per heavy atom. The average Bonchev–Trinajstić information content (AvgIpc) is 3.30. The van der Waals surface area contributed by atoms with E-state index >= 15 is 0 Å². The number of piperidine rings is 1. The largest absolute Gasteiger partial charge is 0.444 e. The number of aromatic nitrogens is 1. The molecule has 2 aromatic heterocycles. The lowest BCUT2D eigenvalue weighted by atomic mass is 9.97. The van der Waals surface area contributed by atoms with E-state index in [1.54, 1.807) is 29.4 Å². The van der Waals surface area contributed by atoms with E-state index in [-0.39, 0.29) is 18.6 Å². The summed E-state index contributed by atoms with van der Waals surface area (Å²) < 4.78 is 6.02. The molecule has 2 aromatic rings. The van der Waals surface area contributed by atoms with Gasteiger partial charge in [-0.15, -0.1) is 11.3 Å². The molecule has 1 saturated heterocycles. The number of amides is 2. The van der Waals surface area contributed by atoms with E-state index in [2.05, 4.69) is 10.3 Å². The van der Waals surface area contributed by atoms with Gasteiger partial charge in [-0.25, -0.2) is 4.79 Å². The third-order valence-corrected chi connectivity index (χ3v) is 5.46. The van der Waals surface area contributed by atoms with Gasteiger partial charge in [0.2, 0.25) is 0 Å². The summed E-state index contributed by atoms with van der Waals surface area (Å²) in [4.78, 5) is 29.5. The molecule has 25 heavy (non-hydrogen) atoms. The van der Waals surface area contributed by atoms with Crippen LogP contribution in [0.15, 0.2) is 30.6 Å². The summed E-state index contributed by atoms with van der Waals surface area (Å²) in [6, 6.07) is 5.40. The zero-order valence-electron chi connectivity index (χ0n) is 13.7. The normalized spacial score (nSPS) is 15.2. The van der Waals surface area contributed by atoms with E-state index in [4.69, 9.17) is 16.3 Å². The highest BCUT2D eigenvalue weighted by Gasteiger charge is 2.24. The maximum atomic E-state index is 12.1. The fraction of sp³-hybridized carbons (Fsp3) is 0.412. The van der Waals surface area contributed by atoms with Gasteiger partial charge in [-0.3, -0.25) is 4.79 Å². The molecule has 1 fully saturated rings. The summed E-state index contributed by atoms with van der Waals surface area (Å²) in [5.41, 5.74) is 0.634. The summed E-state index contributed by atoms with van der Waals surface area (Å²) >= 11 is 7.27. The van der Waals surface area contributed by atoms with E-state index in [9.17, 15) is 9.59 Å². The molecular weight excluding hydrogens is 362 g/mol. The van der Waals surface area contributed by atoms with Crippen molar-refractivity contribution in [3.05, 3.63) is 45.4 Å². The second-order valence-corrected chi connectivity index (χ2v) is 7.80. The highest BCUT2D eigenvalue weighted by Crippen LogP contribution is 2.23. The van der Waals surface area contributed by atoms with Crippen LogP contribution >= 0.6 is 22.9 Å². The van der Waals surface area contributed by atoms with Gasteiger partial charge >= 0.3 is 6.09 Å². The summed E-state index contributed by atoms with van der Waals surface area (Å²) in [6.45, 7) is 2.17. The number of carbonyl (C=O) groups excluding carboxylic acids is 2. The predicted molar refractivity (Wildman–Crippen MR) is 96.9 cm³/mol. The highest BCUT2D eigenvalue weighted by atomic mass is 35.5. The van der Waals surface area contributed by atoms with Crippen LogP contribution in [-0.4, -0.2) is 41.5 Å². The Bertz CT molecular complexity index is 709. The molecule has 1 aliphatic heterocycles. The number of rotatable bonds is 5. The van der Waals surface area contributed by atoms with Gasteiger partial charge in [-0.05, 0) is 37.0 Å². The molecule has 0 radical (unpaired) electrons. The Balaban J connectivity index is 1.36. The summed E-state index contributed by atoms with van der Waals surface area (Å²) in [5, 5.41) is 2.94. The van der Waals surface area contributed by atoms with Crippen molar-refractivity contribution in [2.45, 2.75) is 19.4 Å². The van der Waals surface area contributed by atoms with Crippen LogP contribution < -0.4 is 5.32 Å². The van der Waals surface area contributed by atoms with Crippen molar-refractivity contribution in [3.8, 4) is 0 Å². The van der Waals surface area contributed by atoms with Crippen molar-refractivity contribution < 1.29 is 14.3 Å². The number of aromatic amines is 1. The first-order chi connectivity index (χ1) is 12.1. The first-order valence-electron chi connectivity index (χ1n) is 8.18. The van der Waals surface area contributed by atoms with Crippen molar-refractivity contribution in [3.63, 3.8) is 0 Å². The van der Waals surface area contributed by atoms with Crippen molar-refractivity contribution >= 4 is 34.9 Å². The molecule has 2 amide bonds. The molecule has 134 valence electrons. The zero-order valence-corrected chi connectivity index (χ0v) is 15.2. The smallest absolute Gasteiger partial charge is 0.410 e. The quantitative estimate of drug-likeness (QED) is 0.832. The predicted octanol–water partition coefficient (Wildman–Crippen LogP) is 3.51. The Kier molecular flexibility index (Phi) is 5.99. The number of thiophene rings is 1. The number of hydrogen-bond donors (Lipinski definition) is 2. The first kappa shape index (κ1) is 17.8. The molecule has 1 aliphatic rings. The molecule has 8 heteroatoms. The lowest BCUT2D eigenvalue weighted by Crippen LogP contribution is -2.41. The lowest BCUT2D eigenvalue weighted by Gasteiger charge is -2.31. The standard InChI is InChI=1S/C17H20ClN3O3S/c18-15-2-1-14(25-15)11-24-17(23)21-7-4-12(5-8-21)9-20-16(22)13-3-6-19-10-13/h1-3,6,10,12,19H,4-5,7-9,11H2,(H,20,22). The second kappa shape index (κ2) is 8.40. The average molecular weight is 382 g/mol. The highest BCUT2D eigenvalue weighted by molar-refractivity contribution is 7.16. The maximum Gasteiger partial charge on any atom is 0.410 e. The fourth-order valence-corrected chi connectivity index (χ4v) is 3.78. The van der Waals surface area contributed by atoms with E-state index in [1.165, 1.54) is 11.3 Å². The Morgan fingerprint density at radius 3 is 2.76 bits per heavy atom. The van der Waals surface area contributed by atoms with E-state index in [1.807, 2.05) is 6.07 Å². The molecular formula is C17H20ClN3O3S. The third kappa shape index (κ3) is 4.99. The van der Waals surface area contributed by atoms with Gasteiger partial charge in [0.25, 0.3) is 5.91 Å². The maximum absolute atomic E-state index is 12.1. The van der Waals surface area contributed by atoms with E-state index in [0.29, 0.717) is 35.5 Å². The monoisotopic (exact) mass is 381 g/mol. The molecule has 3 rings (SSSR count). The minimum atomic E-state index is -0.292. The minimum Gasteiger partial charge on any atom is -0.444 e. The Labute approximate surface area is 155 Å². The minimum absolute atomic E-state index is 0.0716. The number of ether oxygens (including phenoxy) is 1. The van der Waals surface area contributed by atoms with Gasteiger partial charge in [0, 0.05) is 36.9 Å². The van der Waals surface area contributed by atoms with Crippen molar-refractivity contribution in [2.24, 2.45) is 5.92 Å². The number of H-pyrrole nitrogens is 1. The van der Waals surface area contributed by atoms with Crippen LogP contribution in [0.3, 0.4) is 0 Å². The number of nitrogens with one attached hydrogen (secondary N) is 2. The number of halogens is 1. The number of likely N-dealkylation sites (tertiary alicyclic amines) is 1. The molecule has 3 heterocycles. The van der Waals surface area contributed by atoms with Crippen LogP contribution in [-0.2, 0) is 11.3 Å². The third-order valence-electron chi connectivity index (χ3n) is 4.25. The topological polar surface area (TPSA) is 74.4 Å². The molecule has 0 saturated carbocycles. The SMILES string of the molecule is O=C(NCC1CCN(C(=O)OCc2ccc(Cl)s2)CC1)c1cc[nH]c1. The summed E-state index contributed by atoms with van der Waals surface area (Å²) in [5.74, 6) is 0.306. The first-order valence-corrected chi connectivity index (χ1v) is 9.38. The van der Waals surface area contributed by atoms with Crippen molar-refractivity contribution in [1.29, 1.82) is 0 Å². The molecule has 6 nitrogen and oxygen atoms in total. The van der Waals surface area contributed by atoms with Crippen LogP contribution in [0.4, 0.5) is 4.79 Å². The molecule has 0 bridgehead atoms. The number of carbonyl (C=O) groups is 2. The van der Waals surface area contributed by atoms with Crippen LogP contribution in [0.25, 0.3) is 0 Å². The fourth-order valence-electron chi connectivity index (χ4n) is 2.78. The Morgan fingerprint density at radius 2 is 2.12 bits per heavy atom. The van der Waals surface area contributed by atoms with Gasteiger partial charge in [0.1, 0.15) is 6.61 Å². The number of nitrogens with zero attached hydrogens (tertiary/aromatic N) is 1. The number of hydrogen-bond acceptors (Lipinski definition) is 4. The second-order valence-electron chi connectivity index (χ2n) is 6.00. The molecule has 0 aromatic carbocycles. The molecule has 0 spiro atoms. The van der Waals surface area contributed by atoms with Crippen LogP contribution in [0, 0.1) is 5.92 Å². The summed E-state index contributed by atoms with van der Waals surface area (Å²) in [7, 11) is 0. The van der Waals surface area contributed by atoms with Gasteiger partial charge in [-0.1, -0.05) is 11.6 Å². The molecule has 2 N–H and O–H groups in total. The molecule has 0 atom stereocenters. The van der Waals surface area contributed by atoms with Crippen molar-refractivity contribution in [2.75, 3.05) is 19.6 Å². The van der Waals surface area contributed by atoms with Gasteiger partial charge in [-0.2, -0.15) is 0 Å². The van der Waals surface area contributed by atoms with Crippen LogP contribution in [0.5, 0.6) is 0 Å². The van der Waals surface area contributed by atoms with Gasteiger partial charge in [0.15, 0.2) is 0 Å². The van der Waals surface area contributed by atoms with Crippen LogP contribution in [0.1, 0.15) is 28.1 Å². The van der Waals surface area contributed by atoms with E-state index in [0.717, 1.165) is 17.7 Å². The molecule has 0 unspecified atom stereocenters. The van der Waals surface area contributed by atoms with Gasteiger partial charge < -0.3 is 19.9 Å². The Hall–Kier alpha value is -1.99. The summed E-state index contributed by atoms with van der Waals surface area (Å²) in [6.07, 6.45) is 4.82.